The van der Waals surface area contributed by atoms with E-state index in [0.717, 1.165) is 12.1 Å². The summed E-state index contributed by atoms with van der Waals surface area (Å²) < 4.78 is 48.1. The van der Waals surface area contributed by atoms with Crippen LogP contribution in [0.5, 0.6) is 0 Å². The van der Waals surface area contributed by atoms with Gasteiger partial charge in [-0.1, -0.05) is 24.3 Å². The van der Waals surface area contributed by atoms with Crippen LogP contribution in [0.4, 0.5) is 23.7 Å². The van der Waals surface area contributed by atoms with Gasteiger partial charge >= 0.3 is 18.2 Å². The summed E-state index contributed by atoms with van der Waals surface area (Å²) in [6.45, 7) is 3.27. The Hall–Kier alpha value is -3.07. The molecule has 2 rings (SSSR count). The number of alkyl halides is 3. The Bertz CT molecular complexity index is 866. The van der Waals surface area contributed by atoms with Crippen LogP contribution in [0.1, 0.15) is 30.5 Å². The molecule has 0 aromatic heterocycles. The summed E-state index contributed by atoms with van der Waals surface area (Å²) in [6, 6.07) is 10.8. The molecular weight excluding hydrogens is 403 g/mol. The van der Waals surface area contributed by atoms with Gasteiger partial charge in [0.1, 0.15) is 6.61 Å². The second-order valence-corrected chi connectivity index (χ2v) is 6.81. The van der Waals surface area contributed by atoms with E-state index in [1.54, 1.807) is 38.1 Å². The normalized spacial score (nSPS) is 12.5. The number of carbonyl (C=O) groups is 2. The van der Waals surface area contributed by atoms with Crippen LogP contribution in [-0.2, 0) is 33.5 Å². The van der Waals surface area contributed by atoms with Crippen molar-refractivity contribution in [2.24, 2.45) is 0 Å². The Morgan fingerprint density at radius 1 is 1.07 bits per heavy atom. The van der Waals surface area contributed by atoms with Crippen molar-refractivity contribution in [3.63, 3.8) is 0 Å². The molecule has 30 heavy (non-hydrogen) atoms. The molecule has 0 spiro atoms. The standard InChI is InChI=1S/C21H22F3NO5/c1-13(2)30-18(19(26)27)11-15-4-3-5-17(10-15)25-20(28)29-12-14-6-8-16(9-7-14)21(22,23)24/h3-10,13,18H,11-12H2,1-2H3,(H,25,28)(H,26,27). The number of ether oxygens (including phenoxy) is 2. The molecule has 1 unspecified atom stereocenters. The molecule has 0 aliphatic carbocycles. The number of amides is 1. The minimum Gasteiger partial charge on any atom is -0.479 e. The third-order valence-corrected chi connectivity index (χ3v) is 3.96. The van der Waals surface area contributed by atoms with E-state index < -0.39 is 29.9 Å². The number of hydrogen-bond acceptors (Lipinski definition) is 4. The van der Waals surface area contributed by atoms with Crippen molar-refractivity contribution in [2.75, 3.05) is 5.32 Å². The summed E-state index contributed by atoms with van der Waals surface area (Å²) in [5.41, 5.74) is 0.651. The number of benzene rings is 2. The van der Waals surface area contributed by atoms with Crippen LogP contribution in [0.2, 0.25) is 0 Å². The number of anilines is 1. The number of hydrogen-bond donors (Lipinski definition) is 2. The highest BCUT2D eigenvalue weighted by atomic mass is 19.4. The van der Waals surface area contributed by atoms with Crippen LogP contribution in [0.15, 0.2) is 48.5 Å². The highest BCUT2D eigenvalue weighted by Gasteiger charge is 2.29. The SMILES string of the molecule is CC(C)OC(Cc1cccc(NC(=O)OCc2ccc(C(F)(F)F)cc2)c1)C(=O)O. The smallest absolute Gasteiger partial charge is 0.416 e. The van der Waals surface area contributed by atoms with E-state index in [9.17, 15) is 27.9 Å². The van der Waals surface area contributed by atoms with Crippen LogP contribution in [-0.4, -0.2) is 29.4 Å². The Balaban J connectivity index is 1.92. The van der Waals surface area contributed by atoms with Crippen LogP contribution >= 0.6 is 0 Å². The third kappa shape index (κ3) is 7.40. The molecule has 9 heteroatoms. The van der Waals surface area contributed by atoms with Crippen LogP contribution in [0.3, 0.4) is 0 Å². The van der Waals surface area contributed by atoms with Crippen molar-refractivity contribution in [2.45, 2.75) is 45.3 Å². The largest absolute Gasteiger partial charge is 0.479 e. The van der Waals surface area contributed by atoms with E-state index in [4.69, 9.17) is 9.47 Å². The van der Waals surface area contributed by atoms with Gasteiger partial charge in [0.2, 0.25) is 0 Å². The van der Waals surface area contributed by atoms with E-state index >= 15 is 0 Å². The highest BCUT2D eigenvalue weighted by molar-refractivity contribution is 5.84. The molecule has 6 nitrogen and oxygen atoms in total. The van der Waals surface area contributed by atoms with Gasteiger partial charge in [0, 0.05) is 12.1 Å². The second kappa shape index (κ2) is 10.1. The molecule has 1 amide bonds. The summed E-state index contributed by atoms with van der Waals surface area (Å²) in [6.07, 6.45) is -6.38. The van der Waals surface area contributed by atoms with Gasteiger partial charge in [0.15, 0.2) is 6.10 Å². The molecule has 0 heterocycles. The van der Waals surface area contributed by atoms with Crippen LogP contribution in [0.25, 0.3) is 0 Å². The first-order chi connectivity index (χ1) is 14.0. The summed E-state index contributed by atoms with van der Waals surface area (Å²) in [5, 5.41) is 11.8. The summed E-state index contributed by atoms with van der Waals surface area (Å²) in [5.74, 6) is -1.09. The van der Waals surface area contributed by atoms with Crippen molar-refractivity contribution >= 4 is 17.7 Å². The quantitative estimate of drug-likeness (QED) is 0.630. The van der Waals surface area contributed by atoms with Gasteiger partial charge < -0.3 is 14.6 Å². The van der Waals surface area contributed by atoms with Gasteiger partial charge in [0.05, 0.1) is 11.7 Å². The number of carboxylic acid groups (broad SMARTS) is 1. The number of carboxylic acids is 1. The molecule has 0 bridgehead atoms. The van der Waals surface area contributed by atoms with Gasteiger partial charge in [-0.05, 0) is 49.2 Å². The number of aliphatic carboxylic acids is 1. The monoisotopic (exact) mass is 425 g/mol. The average molecular weight is 425 g/mol. The molecule has 2 N–H and O–H groups in total. The minimum atomic E-state index is -4.43. The second-order valence-electron chi connectivity index (χ2n) is 6.81. The van der Waals surface area contributed by atoms with E-state index in [1.165, 1.54) is 12.1 Å². The predicted octanol–water partition coefficient (Wildman–Crippen LogP) is 4.87. The number of rotatable bonds is 8. The summed E-state index contributed by atoms with van der Waals surface area (Å²) in [7, 11) is 0. The molecule has 0 fully saturated rings. The molecule has 2 aromatic rings. The number of halogens is 3. The molecule has 0 aliphatic heterocycles. The van der Waals surface area contributed by atoms with Gasteiger partial charge in [-0.2, -0.15) is 13.2 Å². The molecule has 0 saturated carbocycles. The van der Waals surface area contributed by atoms with Gasteiger partial charge in [-0.3, -0.25) is 5.32 Å². The lowest BCUT2D eigenvalue weighted by atomic mass is 10.1. The maximum absolute atomic E-state index is 12.6. The molecule has 0 aliphatic rings. The van der Waals surface area contributed by atoms with Crippen LogP contribution < -0.4 is 5.32 Å². The third-order valence-electron chi connectivity index (χ3n) is 3.96. The molecule has 0 saturated heterocycles. The van der Waals surface area contributed by atoms with Crippen LogP contribution in [0, 0.1) is 0 Å². The topological polar surface area (TPSA) is 84.9 Å². The lowest BCUT2D eigenvalue weighted by Gasteiger charge is -2.17. The maximum Gasteiger partial charge on any atom is 0.416 e. The number of carbonyl (C=O) groups excluding carboxylic acids is 1. The summed E-state index contributed by atoms with van der Waals surface area (Å²) >= 11 is 0. The van der Waals surface area contributed by atoms with E-state index in [-0.39, 0.29) is 19.1 Å². The molecule has 2 aromatic carbocycles. The Morgan fingerprint density at radius 3 is 2.30 bits per heavy atom. The fraction of sp³-hybridized carbons (Fsp3) is 0.333. The average Bonchev–Trinajstić information content (AvgIpc) is 2.65. The molecular formula is C21H22F3NO5. The zero-order valence-corrected chi connectivity index (χ0v) is 16.4. The van der Waals surface area contributed by atoms with E-state index in [2.05, 4.69) is 5.32 Å². The van der Waals surface area contributed by atoms with E-state index in [0.29, 0.717) is 16.8 Å². The Morgan fingerprint density at radius 2 is 1.73 bits per heavy atom. The first-order valence-corrected chi connectivity index (χ1v) is 9.11. The lowest BCUT2D eigenvalue weighted by molar-refractivity contribution is -0.153. The fourth-order valence-corrected chi connectivity index (χ4v) is 2.61. The molecule has 0 radical (unpaired) electrons. The highest BCUT2D eigenvalue weighted by Crippen LogP contribution is 2.29. The number of nitrogens with one attached hydrogen (secondary N) is 1. The van der Waals surface area contributed by atoms with Crippen molar-refractivity contribution in [3.05, 3.63) is 65.2 Å². The Kier molecular flexibility index (Phi) is 7.82. The van der Waals surface area contributed by atoms with Crippen molar-refractivity contribution in [3.8, 4) is 0 Å². The van der Waals surface area contributed by atoms with Crippen molar-refractivity contribution in [1.82, 2.24) is 0 Å². The first kappa shape index (κ1) is 23.2. The summed E-state index contributed by atoms with van der Waals surface area (Å²) in [4.78, 5) is 23.3. The van der Waals surface area contributed by atoms with Gasteiger partial charge in [0.25, 0.3) is 0 Å². The van der Waals surface area contributed by atoms with Crippen molar-refractivity contribution in [1.29, 1.82) is 0 Å². The van der Waals surface area contributed by atoms with Crippen molar-refractivity contribution < 1.29 is 37.3 Å². The zero-order valence-electron chi connectivity index (χ0n) is 16.4. The predicted molar refractivity (Wildman–Crippen MR) is 103 cm³/mol. The molecule has 1 atom stereocenters. The maximum atomic E-state index is 12.6. The zero-order chi connectivity index (χ0) is 22.3. The molecule has 162 valence electrons. The van der Waals surface area contributed by atoms with E-state index in [1.807, 2.05) is 0 Å². The first-order valence-electron chi connectivity index (χ1n) is 9.11. The van der Waals surface area contributed by atoms with Gasteiger partial charge in [-0.25, -0.2) is 9.59 Å². The Labute approximate surface area is 171 Å². The fourth-order valence-electron chi connectivity index (χ4n) is 2.61. The van der Waals surface area contributed by atoms with Gasteiger partial charge in [-0.15, -0.1) is 0 Å². The lowest BCUT2D eigenvalue weighted by Crippen LogP contribution is -2.29. The minimum absolute atomic E-state index is 0.115.